The van der Waals surface area contributed by atoms with E-state index in [-0.39, 0.29) is 18.1 Å². The molecular weight excluding hydrogens is 326 g/mol. The van der Waals surface area contributed by atoms with Crippen molar-refractivity contribution in [1.29, 1.82) is 0 Å². The molecular formula is C21H33N3O2. The van der Waals surface area contributed by atoms with Gasteiger partial charge in [-0.2, -0.15) is 0 Å². The molecule has 1 aromatic carbocycles. The van der Waals surface area contributed by atoms with E-state index in [2.05, 4.69) is 46.7 Å². The number of piperidine rings is 1. The molecule has 0 spiro atoms. The predicted molar refractivity (Wildman–Crippen MR) is 104 cm³/mol. The molecule has 1 atom stereocenters. The molecule has 5 nitrogen and oxygen atoms in total. The van der Waals surface area contributed by atoms with Crippen molar-refractivity contribution in [2.24, 2.45) is 11.8 Å². The lowest BCUT2D eigenvalue weighted by molar-refractivity contribution is -0.124. The summed E-state index contributed by atoms with van der Waals surface area (Å²) in [7, 11) is 1.99. The summed E-state index contributed by atoms with van der Waals surface area (Å²) in [5.74, 6) is 1.06. The number of aliphatic hydroxyl groups excluding tert-OH is 1. The van der Waals surface area contributed by atoms with Crippen LogP contribution in [0.1, 0.15) is 36.8 Å². The van der Waals surface area contributed by atoms with Gasteiger partial charge in [0.25, 0.3) is 0 Å². The zero-order chi connectivity index (χ0) is 18.5. The number of benzene rings is 1. The second-order valence-electron chi connectivity index (χ2n) is 8.22. The molecule has 1 amide bonds. The highest BCUT2D eigenvalue weighted by atomic mass is 16.3. The lowest BCUT2D eigenvalue weighted by Crippen LogP contribution is -2.54. The highest BCUT2D eigenvalue weighted by molar-refractivity contribution is 5.78. The van der Waals surface area contributed by atoms with Gasteiger partial charge in [-0.15, -0.1) is 0 Å². The molecule has 0 aromatic heterocycles. The number of rotatable bonds is 7. The normalized spacial score (nSPS) is 24.9. The first-order valence-corrected chi connectivity index (χ1v) is 9.93. The zero-order valence-electron chi connectivity index (χ0n) is 16.1. The molecule has 1 aliphatic heterocycles. The van der Waals surface area contributed by atoms with Crippen molar-refractivity contribution in [3.63, 3.8) is 0 Å². The van der Waals surface area contributed by atoms with Crippen LogP contribution in [0, 0.1) is 18.8 Å². The Labute approximate surface area is 157 Å². The molecule has 1 heterocycles. The number of hydrogen-bond donors (Lipinski definition) is 3. The lowest BCUT2D eigenvalue weighted by Gasteiger charge is -2.43. The Morgan fingerprint density at radius 3 is 2.50 bits per heavy atom. The van der Waals surface area contributed by atoms with E-state index in [0.717, 1.165) is 45.3 Å². The number of amides is 1. The van der Waals surface area contributed by atoms with Gasteiger partial charge in [-0.3, -0.25) is 9.69 Å². The minimum Gasteiger partial charge on any atom is -0.393 e. The highest BCUT2D eigenvalue weighted by Gasteiger charge is 2.39. The molecule has 0 bridgehead atoms. The van der Waals surface area contributed by atoms with E-state index in [1.54, 1.807) is 0 Å². The maximum absolute atomic E-state index is 12.6. The van der Waals surface area contributed by atoms with Crippen LogP contribution in [0.15, 0.2) is 24.3 Å². The number of aliphatic hydroxyl groups is 1. The van der Waals surface area contributed by atoms with Gasteiger partial charge in [0.1, 0.15) is 0 Å². The second kappa shape index (κ2) is 8.98. The average molecular weight is 360 g/mol. The molecule has 0 unspecified atom stereocenters. The van der Waals surface area contributed by atoms with Gasteiger partial charge < -0.3 is 15.7 Å². The van der Waals surface area contributed by atoms with E-state index in [0.29, 0.717) is 18.4 Å². The Morgan fingerprint density at radius 1 is 1.23 bits per heavy atom. The van der Waals surface area contributed by atoms with Crippen molar-refractivity contribution in [3.05, 3.63) is 35.4 Å². The molecule has 5 heteroatoms. The van der Waals surface area contributed by atoms with Crippen molar-refractivity contribution in [3.8, 4) is 0 Å². The van der Waals surface area contributed by atoms with Crippen molar-refractivity contribution >= 4 is 5.91 Å². The number of carbonyl (C=O) groups excluding carboxylic acids is 1. The third kappa shape index (κ3) is 5.29. The Balaban J connectivity index is 1.52. The lowest BCUT2D eigenvalue weighted by atomic mass is 9.71. The van der Waals surface area contributed by atoms with E-state index in [1.165, 1.54) is 11.1 Å². The van der Waals surface area contributed by atoms with Gasteiger partial charge in [-0.25, -0.2) is 0 Å². The van der Waals surface area contributed by atoms with Crippen LogP contribution in [0.3, 0.4) is 0 Å². The summed E-state index contributed by atoms with van der Waals surface area (Å²) < 4.78 is 0. The maximum Gasteiger partial charge on any atom is 0.234 e. The molecule has 1 aromatic rings. The summed E-state index contributed by atoms with van der Waals surface area (Å²) in [4.78, 5) is 14.7. The first-order valence-electron chi connectivity index (χ1n) is 9.93. The number of aryl methyl sites for hydroxylation is 1. The van der Waals surface area contributed by atoms with E-state index in [9.17, 15) is 9.90 Å². The maximum atomic E-state index is 12.6. The Kier molecular flexibility index (Phi) is 6.68. The number of nitrogens with one attached hydrogen (secondary N) is 2. The van der Waals surface area contributed by atoms with E-state index >= 15 is 0 Å². The number of likely N-dealkylation sites (N-methyl/N-ethyl adjacent to an activating group) is 1. The first-order chi connectivity index (χ1) is 12.5. The Hall–Kier alpha value is -1.43. The number of hydrogen-bond acceptors (Lipinski definition) is 4. The van der Waals surface area contributed by atoms with Crippen LogP contribution in [0.2, 0.25) is 0 Å². The van der Waals surface area contributed by atoms with Crippen molar-refractivity contribution < 1.29 is 9.90 Å². The van der Waals surface area contributed by atoms with Crippen LogP contribution in [0.25, 0.3) is 0 Å². The standard InChI is InChI=1S/C21H33N3O2/c1-15-3-5-16(6-4-15)13-24(2)14-20(26)23-21(18-11-19(25)12-18)17-7-9-22-10-8-17/h3-6,17-19,21-22,25H,7-14H2,1-2H3,(H,23,26)/t18?,19?,21-/m1/s1. The van der Waals surface area contributed by atoms with Crippen molar-refractivity contribution in [2.45, 2.75) is 51.3 Å². The average Bonchev–Trinajstić information content (AvgIpc) is 2.60. The largest absolute Gasteiger partial charge is 0.393 e. The third-order valence-electron chi connectivity index (χ3n) is 5.86. The minimum atomic E-state index is -0.176. The molecule has 3 N–H and O–H groups in total. The van der Waals surface area contributed by atoms with Crippen LogP contribution in [0.5, 0.6) is 0 Å². The van der Waals surface area contributed by atoms with E-state index < -0.39 is 0 Å². The highest BCUT2D eigenvalue weighted by Crippen LogP contribution is 2.35. The quantitative estimate of drug-likeness (QED) is 0.693. The Morgan fingerprint density at radius 2 is 1.88 bits per heavy atom. The summed E-state index contributed by atoms with van der Waals surface area (Å²) in [6.07, 6.45) is 3.70. The third-order valence-corrected chi connectivity index (χ3v) is 5.86. The van der Waals surface area contributed by atoms with Gasteiger partial charge in [0.05, 0.1) is 12.6 Å². The Bertz CT molecular complexity index is 577. The first kappa shape index (κ1) is 19.3. The smallest absolute Gasteiger partial charge is 0.234 e. The number of nitrogens with zero attached hydrogens (tertiary/aromatic N) is 1. The van der Waals surface area contributed by atoms with Crippen LogP contribution < -0.4 is 10.6 Å². The van der Waals surface area contributed by atoms with Crippen LogP contribution in [0.4, 0.5) is 0 Å². The summed E-state index contributed by atoms with van der Waals surface area (Å²) in [6, 6.07) is 8.67. The van der Waals surface area contributed by atoms with E-state index in [4.69, 9.17) is 0 Å². The molecule has 2 fully saturated rings. The molecule has 3 rings (SSSR count). The molecule has 26 heavy (non-hydrogen) atoms. The monoisotopic (exact) mass is 359 g/mol. The summed E-state index contributed by atoms with van der Waals surface area (Å²) >= 11 is 0. The fourth-order valence-electron chi connectivity index (χ4n) is 4.28. The predicted octanol–water partition coefficient (Wildman–Crippen LogP) is 1.68. The van der Waals surface area contributed by atoms with Crippen LogP contribution in [-0.4, -0.2) is 54.7 Å². The van der Waals surface area contributed by atoms with Gasteiger partial charge in [0.2, 0.25) is 5.91 Å². The van der Waals surface area contributed by atoms with Crippen molar-refractivity contribution in [1.82, 2.24) is 15.5 Å². The zero-order valence-corrected chi connectivity index (χ0v) is 16.1. The molecule has 0 radical (unpaired) electrons. The molecule has 1 saturated heterocycles. The fraction of sp³-hybridized carbons (Fsp3) is 0.667. The minimum absolute atomic E-state index is 0.101. The van der Waals surface area contributed by atoms with Gasteiger partial charge in [0, 0.05) is 12.6 Å². The number of carbonyl (C=O) groups is 1. The summed E-state index contributed by atoms with van der Waals surface area (Å²) in [5.41, 5.74) is 2.48. The SMILES string of the molecule is Cc1ccc(CN(C)CC(=O)N[C@H](C2CCNCC2)C2CC(O)C2)cc1. The topological polar surface area (TPSA) is 64.6 Å². The fourth-order valence-corrected chi connectivity index (χ4v) is 4.28. The van der Waals surface area contributed by atoms with Crippen LogP contribution in [-0.2, 0) is 11.3 Å². The molecule has 2 aliphatic rings. The second-order valence-corrected chi connectivity index (χ2v) is 8.22. The summed E-state index contributed by atoms with van der Waals surface area (Å²) in [6.45, 7) is 5.32. The van der Waals surface area contributed by atoms with Gasteiger partial charge in [-0.1, -0.05) is 29.8 Å². The van der Waals surface area contributed by atoms with Gasteiger partial charge in [0.15, 0.2) is 0 Å². The molecule has 144 valence electrons. The summed E-state index contributed by atoms with van der Waals surface area (Å²) in [5, 5.41) is 16.4. The molecule has 1 saturated carbocycles. The molecule has 1 aliphatic carbocycles. The van der Waals surface area contributed by atoms with E-state index in [1.807, 2.05) is 7.05 Å². The van der Waals surface area contributed by atoms with Gasteiger partial charge >= 0.3 is 0 Å². The van der Waals surface area contributed by atoms with Gasteiger partial charge in [-0.05, 0) is 70.1 Å². The van der Waals surface area contributed by atoms with Crippen molar-refractivity contribution in [2.75, 3.05) is 26.7 Å². The van der Waals surface area contributed by atoms with Crippen LogP contribution >= 0.6 is 0 Å².